The highest BCUT2D eigenvalue weighted by molar-refractivity contribution is 5.35. The Balaban J connectivity index is 2.84. The van der Waals surface area contributed by atoms with Gasteiger partial charge in [0.2, 0.25) is 0 Å². The number of nitrogens with one attached hydrogen (secondary N) is 1. The summed E-state index contributed by atoms with van der Waals surface area (Å²) in [7, 11) is 1.72. The molecule has 0 spiro atoms. The quantitative estimate of drug-likeness (QED) is 0.725. The van der Waals surface area contributed by atoms with E-state index in [1.54, 1.807) is 7.11 Å². The number of ether oxygens (including phenoxy) is 1. The van der Waals surface area contributed by atoms with Crippen molar-refractivity contribution in [1.82, 2.24) is 5.32 Å². The molecule has 0 radical (unpaired) electrons. The van der Waals surface area contributed by atoms with E-state index in [1.165, 1.54) is 11.1 Å². The molecule has 1 atom stereocenters. The summed E-state index contributed by atoms with van der Waals surface area (Å²) in [5.74, 6) is 0.958. The van der Waals surface area contributed by atoms with Gasteiger partial charge in [0.15, 0.2) is 0 Å². The van der Waals surface area contributed by atoms with Crippen LogP contribution in [-0.2, 0) is 0 Å². The van der Waals surface area contributed by atoms with Crippen LogP contribution in [-0.4, -0.2) is 13.7 Å². The number of hydrogen-bond acceptors (Lipinski definition) is 2. The fourth-order valence-corrected chi connectivity index (χ4v) is 1.96. The molecule has 1 aromatic rings. The van der Waals surface area contributed by atoms with Crippen LogP contribution in [0.15, 0.2) is 36.4 Å². The summed E-state index contributed by atoms with van der Waals surface area (Å²) in [6.45, 7) is 9.12. The van der Waals surface area contributed by atoms with Gasteiger partial charge in [0.1, 0.15) is 5.75 Å². The van der Waals surface area contributed by atoms with Gasteiger partial charge in [-0.2, -0.15) is 0 Å². The Labute approximate surface area is 105 Å². The van der Waals surface area contributed by atoms with Crippen LogP contribution in [0.3, 0.4) is 0 Å². The zero-order valence-electron chi connectivity index (χ0n) is 11.1. The first kappa shape index (κ1) is 13.8. The Kier molecular flexibility index (Phi) is 5.78. The predicted octanol–water partition coefficient (Wildman–Crippen LogP) is 3.70. The molecule has 0 aliphatic carbocycles. The third kappa shape index (κ3) is 4.23. The smallest absolute Gasteiger partial charge is 0.123 e. The van der Waals surface area contributed by atoms with E-state index in [2.05, 4.69) is 37.9 Å². The van der Waals surface area contributed by atoms with E-state index < -0.39 is 0 Å². The fraction of sp³-hybridized carbons (Fsp3) is 0.467. The minimum absolute atomic E-state index is 0.341. The second-order valence-electron chi connectivity index (χ2n) is 4.35. The molecule has 1 rings (SSSR count). The number of methoxy groups -OCH3 is 1. The van der Waals surface area contributed by atoms with Crippen molar-refractivity contribution in [1.29, 1.82) is 0 Å². The largest absolute Gasteiger partial charge is 0.496 e. The summed E-state index contributed by atoms with van der Waals surface area (Å²) < 4.78 is 5.42. The Hall–Kier alpha value is -1.28. The summed E-state index contributed by atoms with van der Waals surface area (Å²) in [5, 5.41) is 3.51. The number of benzene rings is 1. The van der Waals surface area contributed by atoms with Crippen LogP contribution in [0.25, 0.3) is 0 Å². The standard InChI is InChI=1S/C15H23NO/c1-5-16-14(11-10-12(2)3)13-8-6-7-9-15(13)17-4/h6-9,14,16H,2,5,10-11H2,1,3-4H3. The second kappa shape index (κ2) is 7.13. The van der Waals surface area contributed by atoms with Crippen LogP contribution in [0.1, 0.15) is 38.3 Å². The molecule has 0 bridgehead atoms. The molecule has 1 unspecified atom stereocenters. The number of para-hydroxylation sites is 1. The molecule has 0 fully saturated rings. The Morgan fingerprint density at radius 2 is 2.12 bits per heavy atom. The maximum Gasteiger partial charge on any atom is 0.123 e. The van der Waals surface area contributed by atoms with Gasteiger partial charge in [-0.3, -0.25) is 0 Å². The maximum absolute atomic E-state index is 5.42. The SMILES string of the molecule is C=C(C)CCC(NCC)c1ccccc1OC. The van der Waals surface area contributed by atoms with Crippen molar-refractivity contribution >= 4 is 0 Å². The molecule has 0 saturated heterocycles. The first-order chi connectivity index (χ1) is 8.19. The van der Waals surface area contributed by atoms with Crippen molar-refractivity contribution in [3.63, 3.8) is 0 Å². The van der Waals surface area contributed by atoms with E-state index >= 15 is 0 Å². The summed E-state index contributed by atoms with van der Waals surface area (Å²) >= 11 is 0. The Morgan fingerprint density at radius 1 is 1.41 bits per heavy atom. The van der Waals surface area contributed by atoms with E-state index in [4.69, 9.17) is 4.74 Å². The molecule has 0 amide bonds. The first-order valence-electron chi connectivity index (χ1n) is 6.19. The summed E-state index contributed by atoms with van der Waals surface area (Å²) in [5.41, 5.74) is 2.46. The molecule has 0 aromatic heterocycles. The lowest BCUT2D eigenvalue weighted by atomic mass is 9.99. The average molecular weight is 233 g/mol. The summed E-state index contributed by atoms with van der Waals surface area (Å²) in [6.07, 6.45) is 2.10. The number of allylic oxidation sites excluding steroid dienone is 1. The third-order valence-electron chi connectivity index (χ3n) is 2.82. The van der Waals surface area contributed by atoms with Gasteiger partial charge < -0.3 is 10.1 Å². The third-order valence-corrected chi connectivity index (χ3v) is 2.82. The number of hydrogen-bond donors (Lipinski definition) is 1. The molecule has 2 nitrogen and oxygen atoms in total. The Morgan fingerprint density at radius 3 is 2.71 bits per heavy atom. The summed E-state index contributed by atoms with van der Waals surface area (Å²) in [6, 6.07) is 8.55. The Bertz CT molecular complexity index is 360. The molecule has 0 aliphatic heterocycles. The van der Waals surface area contributed by atoms with Crippen LogP contribution >= 0.6 is 0 Å². The van der Waals surface area contributed by atoms with E-state index in [-0.39, 0.29) is 0 Å². The van der Waals surface area contributed by atoms with E-state index in [1.807, 2.05) is 12.1 Å². The molecule has 0 saturated carbocycles. The maximum atomic E-state index is 5.42. The van der Waals surface area contributed by atoms with Gasteiger partial charge >= 0.3 is 0 Å². The van der Waals surface area contributed by atoms with Gasteiger partial charge in [0.25, 0.3) is 0 Å². The zero-order chi connectivity index (χ0) is 12.7. The van der Waals surface area contributed by atoms with E-state index in [0.717, 1.165) is 25.1 Å². The second-order valence-corrected chi connectivity index (χ2v) is 4.35. The van der Waals surface area contributed by atoms with Gasteiger partial charge in [-0.25, -0.2) is 0 Å². The molecule has 1 N–H and O–H groups in total. The number of rotatable bonds is 7. The van der Waals surface area contributed by atoms with Gasteiger partial charge in [0.05, 0.1) is 7.11 Å². The summed E-state index contributed by atoms with van der Waals surface area (Å²) in [4.78, 5) is 0. The topological polar surface area (TPSA) is 21.3 Å². The van der Waals surface area contributed by atoms with E-state index in [9.17, 15) is 0 Å². The van der Waals surface area contributed by atoms with Crippen molar-refractivity contribution in [2.75, 3.05) is 13.7 Å². The minimum Gasteiger partial charge on any atom is -0.496 e. The fourth-order valence-electron chi connectivity index (χ4n) is 1.96. The molecule has 94 valence electrons. The van der Waals surface area contributed by atoms with Crippen LogP contribution in [0.2, 0.25) is 0 Å². The van der Waals surface area contributed by atoms with Crippen molar-refractivity contribution in [2.45, 2.75) is 32.7 Å². The molecule has 0 aliphatic rings. The van der Waals surface area contributed by atoms with Crippen LogP contribution in [0.5, 0.6) is 5.75 Å². The van der Waals surface area contributed by atoms with Crippen molar-refractivity contribution < 1.29 is 4.74 Å². The normalized spacial score (nSPS) is 12.2. The lowest BCUT2D eigenvalue weighted by Crippen LogP contribution is -2.21. The monoisotopic (exact) mass is 233 g/mol. The molecule has 1 aromatic carbocycles. The molecule has 0 heterocycles. The highest BCUT2D eigenvalue weighted by atomic mass is 16.5. The average Bonchev–Trinajstić information content (AvgIpc) is 2.34. The highest BCUT2D eigenvalue weighted by Crippen LogP contribution is 2.28. The first-order valence-corrected chi connectivity index (χ1v) is 6.19. The predicted molar refractivity (Wildman–Crippen MR) is 73.5 cm³/mol. The van der Waals surface area contributed by atoms with Gasteiger partial charge in [-0.05, 0) is 32.4 Å². The van der Waals surface area contributed by atoms with Gasteiger partial charge in [-0.1, -0.05) is 30.7 Å². The lowest BCUT2D eigenvalue weighted by Gasteiger charge is -2.20. The van der Waals surface area contributed by atoms with E-state index in [0.29, 0.717) is 6.04 Å². The minimum atomic E-state index is 0.341. The van der Waals surface area contributed by atoms with Crippen molar-refractivity contribution in [3.8, 4) is 5.75 Å². The molecule has 2 heteroatoms. The molecule has 17 heavy (non-hydrogen) atoms. The van der Waals surface area contributed by atoms with Gasteiger partial charge in [-0.15, -0.1) is 6.58 Å². The lowest BCUT2D eigenvalue weighted by molar-refractivity contribution is 0.396. The van der Waals surface area contributed by atoms with Crippen LogP contribution in [0, 0.1) is 0 Å². The zero-order valence-corrected chi connectivity index (χ0v) is 11.1. The van der Waals surface area contributed by atoms with Crippen LogP contribution < -0.4 is 10.1 Å². The van der Waals surface area contributed by atoms with Crippen molar-refractivity contribution in [2.24, 2.45) is 0 Å². The molecular formula is C15H23NO. The van der Waals surface area contributed by atoms with Crippen LogP contribution in [0.4, 0.5) is 0 Å². The van der Waals surface area contributed by atoms with Crippen molar-refractivity contribution in [3.05, 3.63) is 42.0 Å². The highest BCUT2D eigenvalue weighted by Gasteiger charge is 2.14. The van der Waals surface area contributed by atoms with Gasteiger partial charge in [0, 0.05) is 11.6 Å². The molecular weight excluding hydrogens is 210 g/mol.